The molecule has 1 aliphatic rings. The molecule has 150 valence electrons. The summed E-state index contributed by atoms with van der Waals surface area (Å²) in [7, 11) is 3.14. The Morgan fingerprint density at radius 2 is 2.04 bits per heavy atom. The van der Waals surface area contributed by atoms with E-state index in [4.69, 9.17) is 9.47 Å². The Morgan fingerprint density at radius 3 is 2.70 bits per heavy atom. The summed E-state index contributed by atoms with van der Waals surface area (Å²) in [6, 6.07) is 5.46. The summed E-state index contributed by atoms with van der Waals surface area (Å²) in [5.74, 6) is 0.791. The largest absolute Gasteiger partial charge is 0.497 e. The Hall–Kier alpha value is -2.24. The van der Waals surface area contributed by atoms with Crippen LogP contribution >= 0.6 is 0 Å². The van der Waals surface area contributed by atoms with Gasteiger partial charge >= 0.3 is 0 Å². The molecule has 0 saturated carbocycles. The van der Waals surface area contributed by atoms with Gasteiger partial charge in [0.1, 0.15) is 11.5 Å². The molecule has 1 N–H and O–H groups in total. The second kappa shape index (κ2) is 10.2. The number of hydrogen-bond donors (Lipinski definition) is 1. The number of methoxy groups -OCH3 is 2. The number of amides is 2. The first kappa shape index (κ1) is 21.1. The summed E-state index contributed by atoms with van der Waals surface area (Å²) in [5.41, 5.74) is 0.672. The van der Waals surface area contributed by atoms with Crippen molar-refractivity contribution in [2.75, 3.05) is 25.7 Å². The monoisotopic (exact) mass is 376 g/mol. The van der Waals surface area contributed by atoms with Crippen LogP contribution in [0.2, 0.25) is 0 Å². The van der Waals surface area contributed by atoms with Gasteiger partial charge in [-0.1, -0.05) is 32.6 Å². The summed E-state index contributed by atoms with van der Waals surface area (Å²) < 4.78 is 10.6. The minimum atomic E-state index is -0.331. The van der Waals surface area contributed by atoms with Crippen LogP contribution in [0.25, 0.3) is 0 Å². The van der Waals surface area contributed by atoms with Crippen LogP contribution in [0.4, 0.5) is 5.69 Å². The first-order valence-electron chi connectivity index (χ1n) is 9.82. The molecule has 1 aromatic carbocycles. The lowest BCUT2D eigenvalue weighted by molar-refractivity contribution is -0.126. The lowest BCUT2D eigenvalue weighted by atomic mass is 10.1. The molecule has 2 amide bonds. The zero-order chi connectivity index (χ0) is 19.8. The standard InChI is InChI=1S/C21H32N2O4/c1-5-6-7-8-9-15(2)22-21(25)16-12-20(24)23(14-16)18-11-10-17(26-3)13-19(18)27-4/h10-11,13,15-16H,5-9,12,14H2,1-4H3,(H,22,25)/t15-,16+/m1/s1. The molecule has 0 aliphatic carbocycles. The van der Waals surface area contributed by atoms with Crippen molar-refractivity contribution in [1.29, 1.82) is 0 Å². The van der Waals surface area contributed by atoms with Crippen molar-refractivity contribution >= 4 is 17.5 Å². The maximum absolute atomic E-state index is 12.6. The Labute approximate surface area is 162 Å². The van der Waals surface area contributed by atoms with E-state index in [0.29, 0.717) is 23.7 Å². The van der Waals surface area contributed by atoms with Gasteiger partial charge in [-0.25, -0.2) is 0 Å². The highest BCUT2D eigenvalue weighted by atomic mass is 16.5. The fourth-order valence-electron chi connectivity index (χ4n) is 3.43. The van der Waals surface area contributed by atoms with Gasteiger partial charge in [0.05, 0.1) is 25.8 Å². The molecule has 2 atom stereocenters. The third-order valence-corrected chi connectivity index (χ3v) is 5.05. The lowest BCUT2D eigenvalue weighted by Crippen LogP contribution is -2.38. The molecule has 0 spiro atoms. The number of anilines is 1. The van der Waals surface area contributed by atoms with E-state index >= 15 is 0 Å². The number of nitrogens with zero attached hydrogens (tertiary/aromatic N) is 1. The van der Waals surface area contributed by atoms with Gasteiger partial charge in [-0.2, -0.15) is 0 Å². The fourth-order valence-corrected chi connectivity index (χ4v) is 3.43. The van der Waals surface area contributed by atoms with E-state index in [2.05, 4.69) is 12.2 Å². The number of hydrogen-bond acceptors (Lipinski definition) is 4. The van der Waals surface area contributed by atoms with E-state index in [0.717, 1.165) is 12.8 Å². The first-order valence-corrected chi connectivity index (χ1v) is 9.82. The number of carbonyl (C=O) groups is 2. The van der Waals surface area contributed by atoms with E-state index < -0.39 is 0 Å². The van der Waals surface area contributed by atoms with Gasteiger partial charge in [-0.3, -0.25) is 9.59 Å². The molecule has 6 heteroatoms. The lowest BCUT2D eigenvalue weighted by Gasteiger charge is -2.21. The van der Waals surface area contributed by atoms with Crippen LogP contribution in [-0.4, -0.2) is 38.6 Å². The Balaban J connectivity index is 1.95. The van der Waals surface area contributed by atoms with E-state index in [1.54, 1.807) is 37.3 Å². The van der Waals surface area contributed by atoms with Crippen molar-refractivity contribution in [2.24, 2.45) is 5.92 Å². The Kier molecular flexibility index (Phi) is 7.95. The third-order valence-electron chi connectivity index (χ3n) is 5.05. The second-order valence-electron chi connectivity index (χ2n) is 7.20. The van der Waals surface area contributed by atoms with Crippen LogP contribution in [0.1, 0.15) is 52.4 Å². The molecule has 6 nitrogen and oxygen atoms in total. The average molecular weight is 376 g/mol. The molecule has 1 aliphatic heterocycles. The van der Waals surface area contributed by atoms with Crippen LogP contribution in [-0.2, 0) is 9.59 Å². The Morgan fingerprint density at radius 1 is 1.26 bits per heavy atom. The number of nitrogens with one attached hydrogen (secondary N) is 1. The van der Waals surface area contributed by atoms with Gasteiger partial charge in [-0.15, -0.1) is 0 Å². The van der Waals surface area contributed by atoms with Crippen LogP contribution in [0.3, 0.4) is 0 Å². The maximum atomic E-state index is 12.6. The molecule has 1 fully saturated rings. The van der Waals surface area contributed by atoms with Gasteiger partial charge in [0, 0.05) is 25.1 Å². The normalized spacial score (nSPS) is 17.7. The van der Waals surface area contributed by atoms with Gasteiger partial charge in [0.2, 0.25) is 11.8 Å². The van der Waals surface area contributed by atoms with Crippen LogP contribution in [0, 0.1) is 5.92 Å². The van der Waals surface area contributed by atoms with Crippen LogP contribution < -0.4 is 19.7 Å². The summed E-state index contributed by atoms with van der Waals surface area (Å²) in [5, 5.41) is 3.07. The summed E-state index contributed by atoms with van der Waals surface area (Å²) in [6.45, 7) is 4.59. The number of benzene rings is 1. The molecule has 0 radical (unpaired) electrons. The number of ether oxygens (including phenoxy) is 2. The Bertz CT molecular complexity index is 647. The quantitative estimate of drug-likeness (QED) is 0.634. The van der Waals surface area contributed by atoms with Gasteiger partial charge in [0.25, 0.3) is 0 Å². The molecular formula is C21H32N2O4. The van der Waals surface area contributed by atoms with Crippen molar-refractivity contribution in [3.63, 3.8) is 0 Å². The van der Waals surface area contributed by atoms with E-state index in [1.807, 2.05) is 6.92 Å². The zero-order valence-electron chi connectivity index (χ0n) is 16.9. The molecule has 1 saturated heterocycles. The molecule has 2 rings (SSSR count). The van der Waals surface area contributed by atoms with Gasteiger partial charge < -0.3 is 19.7 Å². The predicted octanol–water partition coefficient (Wildman–Crippen LogP) is 3.53. The zero-order valence-corrected chi connectivity index (χ0v) is 16.9. The number of rotatable bonds is 10. The molecular weight excluding hydrogens is 344 g/mol. The first-order chi connectivity index (χ1) is 13.0. The van der Waals surface area contributed by atoms with Gasteiger partial charge in [-0.05, 0) is 25.5 Å². The highest BCUT2D eigenvalue weighted by Crippen LogP contribution is 2.35. The third kappa shape index (κ3) is 5.62. The second-order valence-corrected chi connectivity index (χ2v) is 7.20. The van der Waals surface area contributed by atoms with Gasteiger partial charge in [0.15, 0.2) is 0 Å². The van der Waals surface area contributed by atoms with Crippen molar-refractivity contribution < 1.29 is 19.1 Å². The van der Waals surface area contributed by atoms with Crippen molar-refractivity contribution in [3.8, 4) is 11.5 Å². The fraction of sp³-hybridized carbons (Fsp3) is 0.619. The topological polar surface area (TPSA) is 67.9 Å². The molecule has 1 heterocycles. The summed E-state index contributed by atoms with van der Waals surface area (Å²) in [4.78, 5) is 26.7. The van der Waals surface area contributed by atoms with E-state index in [9.17, 15) is 9.59 Å². The molecule has 0 aromatic heterocycles. The summed E-state index contributed by atoms with van der Waals surface area (Å²) >= 11 is 0. The minimum Gasteiger partial charge on any atom is -0.497 e. The minimum absolute atomic E-state index is 0.0404. The van der Waals surface area contributed by atoms with Crippen LogP contribution in [0.5, 0.6) is 11.5 Å². The average Bonchev–Trinajstić information content (AvgIpc) is 3.06. The van der Waals surface area contributed by atoms with Crippen molar-refractivity contribution in [2.45, 2.75) is 58.4 Å². The van der Waals surface area contributed by atoms with E-state index in [1.165, 1.54) is 19.3 Å². The molecule has 27 heavy (non-hydrogen) atoms. The highest BCUT2D eigenvalue weighted by Gasteiger charge is 2.36. The predicted molar refractivity (Wildman–Crippen MR) is 106 cm³/mol. The highest BCUT2D eigenvalue weighted by molar-refractivity contribution is 6.01. The van der Waals surface area contributed by atoms with E-state index in [-0.39, 0.29) is 30.2 Å². The van der Waals surface area contributed by atoms with Crippen LogP contribution in [0.15, 0.2) is 18.2 Å². The van der Waals surface area contributed by atoms with Crippen molar-refractivity contribution in [1.82, 2.24) is 5.32 Å². The van der Waals surface area contributed by atoms with Crippen molar-refractivity contribution in [3.05, 3.63) is 18.2 Å². The maximum Gasteiger partial charge on any atom is 0.227 e. The molecule has 0 unspecified atom stereocenters. The summed E-state index contributed by atoms with van der Waals surface area (Å²) in [6.07, 6.45) is 5.95. The smallest absolute Gasteiger partial charge is 0.227 e. The molecule has 0 bridgehead atoms. The molecule has 1 aromatic rings. The number of carbonyl (C=O) groups excluding carboxylic acids is 2. The SMILES string of the molecule is CCCCCC[C@@H](C)NC(=O)[C@H]1CC(=O)N(c2ccc(OC)cc2OC)C1. The number of unbranched alkanes of at least 4 members (excludes halogenated alkanes) is 3.